The SMILES string of the molecule is O=C(CC1CCC(=O)N1Cc1cccc(C(F)(F)F)c1)NCc1ccc(F)cc1. The minimum absolute atomic E-state index is 0.0265. The van der Waals surface area contributed by atoms with Crippen molar-refractivity contribution in [1.29, 1.82) is 0 Å². The van der Waals surface area contributed by atoms with Gasteiger partial charge in [0.05, 0.1) is 5.56 Å². The van der Waals surface area contributed by atoms with Crippen molar-refractivity contribution < 1.29 is 27.2 Å². The number of hydrogen-bond acceptors (Lipinski definition) is 2. The van der Waals surface area contributed by atoms with Gasteiger partial charge in [-0.1, -0.05) is 24.3 Å². The highest BCUT2D eigenvalue weighted by atomic mass is 19.4. The standard InChI is InChI=1S/C21H20F4N2O2/c22-17-6-4-14(5-7-17)12-26-19(28)11-18-8-9-20(29)27(18)13-15-2-1-3-16(10-15)21(23,24)25/h1-7,10,18H,8-9,11-13H2,(H,26,28). The van der Waals surface area contributed by atoms with Gasteiger partial charge in [-0.2, -0.15) is 13.2 Å². The number of halogens is 4. The third-order valence-electron chi connectivity index (χ3n) is 4.88. The molecule has 0 radical (unpaired) electrons. The summed E-state index contributed by atoms with van der Waals surface area (Å²) in [6.45, 7) is 0.256. The number of hydrogen-bond donors (Lipinski definition) is 1. The number of nitrogens with one attached hydrogen (secondary N) is 1. The third kappa shape index (κ3) is 5.56. The van der Waals surface area contributed by atoms with Gasteiger partial charge in [-0.3, -0.25) is 9.59 Å². The number of amides is 2. The molecular weight excluding hydrogens is 388 g/mol. The second-order valence-corrected chi connectivity index (χ2v) is 7.02. The fourth-order valence-electron chi connectivity index (χ4n) is 3.35. The minimum atomic E-state index is -4.45. The van der Waals surface area contributed by atoms with E-state index in [0.717, 1.165) is 17.7 Å². The van der Waals surface area contributed by atoms with Crippen LogP contribution in [0.25, 0.3) is 0 Å². The largest absolute Gasteiger partial charge is 0.416 e. The van der Waals surface area contributed by atoms with Gasteiger partial charge in [-0.15, -0.1) is 0 Å². The van der Waals surface area contributed by atoms with E-state index in [1.54, 1.807) is 12.1 Å². The number of carbonyl (C=O) groups is 2. The molecule has 0 spiro atoms. The maximum absolute atomic E-state index is 12.9. The van der Waals surface area contributed by atoms with E-state index in [1.165, 1.54) is 29.2 Å². The molecule has 2 aromatic carbocycles. The molecule has 1 N–H and O–H groups in total. The number of carbonyl (C=O) groups excluding carboxylic acids is 2. The summed E-state index contributed by atoms with van der Waals surface area (Å²) in [7, 11) is 0. The zero-order chi connectivity index (χ0) is 21.0. The normalized spacial score (nSPS) is 16.9. The zero-order valence-corrected chi connectivity index (χ0v) is 15.5. The van der Waals surface area contributed by atoms with Crippen LogP contribution in [-0.2, 0) is 28.9 Å². The summed E-state index contributed by atoms with van der Waals surface area (Å²) < 4.78 is 51.6. The lowest BCUT2D eigenvalue weighted by atomic mass is 10.1. The van der Waals surface area contributed by atoms with Crippen LogP contribution in [0, 0.1) is 5.82 Å². The highest BCUT2D eigenvalue weighted by Gasteiger charge is 2.34. The Hall–Kier alpha value is -2.90. The minimum Gasteiger partial charge on any atom is -0.352 e. The molecule has 2 aromatic rings. The highest BCUT2D eigenvalue weighted by Crippen LogP contribution is 2.31. The fraction of sp³-hybridized carbons (Fsp3) is 0.333. The van der Waals surface area contributed by atoms with Crippen molar-refractivity contribution in [3.8, 4) is 0 Å². The molecule has 2 amide bonds. The first-order valence-corrected chi connectivity index (χ1v) is 9.19. The molecule has 1 unspecified atom stereocenters. The van der Waals surface area contributed by atoms with Gasteiger partial charge < -0.3 is 10.2 Å². The van der Waals surface area contributed by atoms with Crippen molar-refractivity contribution in [2.24, 2.45) is 0 Å². The van der Waals surface area contributed by atoms with Crippen LogP contribution in [-0.4, -0.2) is 22.8 Å². The Morgan fingerprint density at radius 3 is 2.52 bits per heavy atom. The first-order valence-electron chi connectivity index (χ1n) is 9.19. The van der Waals surface area contributed by atoms with Gasteiger partial charge in [0.1, 0.15) is 5.82 Å². The van der Waals surface area contributed by atoms with E-state index in [4.69, 9.17) is 0 Å². The molecule has 3 rings (SSSR count). The van der Waals surface area contributed by atoms with Crippen LogP contribution >= 0.6 is 0 Å². The Morgan fingerprint density at radius 2 is 1.83 bits per heavy atom. The van der Waals surface area contributed by atoms with Crippen LogP contribution in [0.5, 0.6) is 0 Å². The second kappa shape index (κ2) is 8.63. The molecule has 1 aliphatic heterocycles. The van der Waals surface area contributed by atoms with Gasteiger partial charge in [0.15, 0.2) is 0 Å². The molecule has 1 atom stereocenters. The quantitative estimate of drug-likeness (QED) is 0.734. The van der Waals surface area contributed by atoms with Gasteiger partial charge in [0.2, 0.25) is 11.8 Å². The Balaban J connectivity index is 1.60. The van der Waals surface area contributed by atoms with E-state index in [-0.39, 0.29) is 49.6 Å². The summed E-state index contributed by atoms with van der Waals surface area (Å²) in [4.78, 5) is 25.9. The van der Waals surface area contributed by atoms with Crippen molar-refractivity contribution in [2.75, 3.05) is 0 Å². The summed E-state index contributed by atoms with van der Waals surface area (Å²) in [6, 6.07) is 10.2. The number of likely N-dealkylation sites (tertiary alicyclic amines) is 1. The first-order chi connectivity index (χ1) is 13.7. The van der Waals surface area contributed by atoms with Crippen LogP contribution in [0.2, 0.25) is 0 Å². The van der Waals surface area contributed by atoms with Crippen LogP contribution in [0.15, 0.2) is 48.5 Å². The predicted octanol–water partition coefficient (Wildman–Crippen LogP) is 4.04. The van der Waals surface area contributed by atoms with Gasteiger partial charge in [0, 0.05) is 32.0 Å². The average molecular weight is 408 g/mol. The molecule has 1 saturated heterocycles. The van der Waals surface area contributed by atoms with Crippen molar-refractivity contribution in [3.05, 3.63) is 71.0 Å². The number of benzene rings is 2. The molecular formula is C21H20F4N2O2. The monoisotopic (exact) mass is 408 g/mol. The van der Waals surface area contributed by atoms with Gasteiger partial charge in [-0.25, -0.2) is 4.39 Å². The number of alkyl halides is 3. The molecule has 0 saturated carbocycles. The lowest BCUT2D eigenvalue weighted by molar-refractivity contribution is -0.137. The molecule has 1 heterocycles. The Morgan fingerprint density at radius 1 is 1.10 bits per heavy atom. The molecule has 0 aromatic heterocycles. The Bertz CT molecular complexity index is 881. The Labute approximate surface area is 165 Å². The van der Waals surface area contributed by atoms with Crippen LogP contribution < -0.4 is 5.32 Å². The van der Waals surface area contributed by atoms with Gasteiger partial charge >= 0.3 is 6.18 Å². The highest BCUT2D eigenvalue weighted by molar-refractivity contribution is 5.82. The summed E-state index contributed by atoms with van der Waals surface area (Å²) in [5.41, 5.74) is 0.338. The third-order valence-corrected chi connectivity index (χ3v) is 4.88. The number of nitrogens with zero attached hydrogens (tertiary/aromatic N) is 1. The Kier molecular flexibility index (Phi) is 6.20. The zero-order valence-electron chi connectivity index (χ0n) is 15.5. The smallest absolute Gasteiger partial charge is 0.352 e. The lowest BCUT2D eigenvalue weighted by Gasteiger charge is -2.25. The molecule has 0 aliphatic carbocycles. The molecule has 1 fully saturated rings. The molecule has 1 aliphatic rings. The van der Waals surface area contributed by atoms with E-state index >= 15 is 0 Å². The lowest BCUT2D eigenvalue weighted by Crippen LogP contribution is -2.37. The van der Waals surface area contributed by atoms with E-state index in [2.05, 4.69) is 5.32 Å². The molecule has 4 nitrogen and oxygen atoms in total. The van der Waals surface area contributed by atoms with E-state index in [9.17, 15) is 27.2 Å². The van der Waals surface area contributed by atoms with E-state index in [0.29, 0.717) is 12.0 Å². The predicted molar refractivity (Wildman–Crippen MR) is 97.9 cm³/mol. The van der Waals surface area contributed by atoms with Crippen LogP contribution in [0.1, 0.15) is 36.0 Å². The maximum atomic E-state index is 12.9. The molecule has 0 bridgehead atoms. The molecule has 154 valence electrons. The summed E-state index contributed by atoms with van der Waals surface area (Å²) in [6.07, 6.45) is -3.66. The van der Waals surface area contributed by atoms with E-state index < -0.39 is 11.7 Å². The topological polar surface area (TPSA) is 49.4 Å². The van der Waals surface area contributed by atoms with Crippen molar-refractivity contribution in [3.63, 3.8) is 0 Å². The number of rotatable bonds is 6. The summed E-state index contributed by atoms with van der Waals surface area (Å²) >= 11 is 0. The van der Waals surface area contributed by atoms with Gasteiger partial charge in [0.25, 0.3) is 0 Å². The van der Waals surface area contributed by atoms with Crippen molar-refractivity contribution in [2.45, 2.75) is 44.6 Å². The molecule has 8 heteroatoms. The van der Waals surface area contributed by atoms with E-state index in [1.807, 2.05) is 0 Å². The van der Waals surface area contributed by atoms with Crippen molar-refractivity contribution >= 4 is 11.8 Å². The van der Waals surface area contributed by atoms with Crippen LogP contribution in [0.3, 0.4) is 0 Å². The van der Waals surface area contributed by atoms with Crippen molar-refractivity contribution in [1.82, 2.24) is 10.2 Å². The average Bonchev–Trinajstić information content (AvgIpc) is 3.00. The molecule has 29 heavy (non-hydrogen) atoms. The van der Waals surface area contributed by atoms with Gasteiger partial charge in [-0.05, 0) is 41.8 Å². The summed E-state index contributed by atoms with van der Waals surface area (Å²) in [5, 5.41) is 2.73. The summed E-state index contributed by atoms with van der Waals surface area (Å²) in [5.74, 6) is -0.823. The fourth-order valence-corrected chi connectivity index (χ4v) is 3.35. The maximum Gasteiger partial charge on any atom is 0.416 e. The second-order valence-electron chi connectivity index (χ2n) is 7.02. The first kappa shape index (κ1) is 20.8. The van der Waals surface area contributed by atoms with Crippen LogP contribution in [0.4, 0.5) is 17.6 Å².